The zero-order valence-corrected chi connectivity index (χ0v) is 15.9. The monoisotopic (exact) mass is 355 g/mol. The minimum atomic E-state index is -0.237. The van der Waals surface area contributed by atoms with Crippen molar-refractivity contribution in [2.75, 3.05) is 5.32 Å². The highest BCUT2D eigenvalue weighted by molar-refractivity contribution is 7.18. The van der Waals surface area contributed by atoms with Crippen LogP contribution in [0.1, 0.15) is 27.4 Å². The quantitative estimate of drug-likeness (QED) is 0.780. The van der Waals surface area contributed by atoms with Crippen LogP contribution in [0.2, 0.25) is 0 Å². The van der Waals surface area contributed by atoms with Crippen LogP contribution >= 0.6 is 11.3 Å². The average Bonchev–Trinajstić information content (AvgIpc) is 2.82. The van der Waals surface area contributed by atoms with Crippen LogP contribution in [0.15, 0.2) is 23.0 Å². The second-order valence-corrected chi connectivity index (χ2v) is 7.56. The van der Waals surface area contributed by atoms with Gasteiger partial charge in [-0.2, -0.15) is 0 Å². The van der Waals surface area contributed by atoms with Gasteiger partial charge in [-0.1, -0.05) is 6.07 Å². The summed E-state index contributed by atoms with van der Waals surface area (Å²) in [6, 6.07) is 5.76. The molecule has 0 aliphatic heterocycles. The fourth-order valence-corrected chi connectivity index (χ4v) is 3.84. The van der Waals surface area contributed by atoms with Gasteiger partial charge in [-0.3, -0.25) is 14.2 Å². The molecule has 25 heavy (non-hydrogen) atoms. The molecule has 0 radical (unpaired) electrons. The maximum absolute atomic E-state index is 12.8. The van der Waals surface area contributed by atoms with Crippen LogP contribution in [-0.2, 0) is 11.3 Å². The van der Waals surface area contributed by atoms with Gasteiger partial charge in [0.2, 0.25) is 5.91 Å². The fourth-order valence-electron chi connectivity index (χ4n) is 2.78. The number of nitrogens with zero attached hydrogens (tertiary/aromatic N) is 2. The summed E-state index contributed by atoms with van der Waals surface area (Å²) in [5.74, 6) is 0.313. The average molecular weight is 355 g/mol. The molecule has 0 saturated heterocycles. The number of fused-ring (bicyclic) bond motifs is 1. The summed E-state index contributed by atoms with van der Waals surface area (Å²) in [6.07, 6.45) is 0. The van der Waals surface area contributed by atoms with Crippen LogP contribution in [0, 0.1) is 34.6 Å². The van der Waals surface area contributed by atoms with E-state index in [1.807, 2.05) is 45.9 Å². The first-order valence-corrected chi connectivity index (χ1v) is 8.94. The molecular formula is C19H21N3O2S. The Balaban J connectivity index is 1.92. The predicted octanol–water partition coefficient (Wildman–Crippen LogP) is 3.64. The molecule has 0 unspecified atom stereocenters. The van der Waals surface area contributed by atoms with Gasteiger partial charge in [0, 0.05) is 10.6 Å². The molecular weight excluding hydrogens is 334 g/mol. The van der Waals surface area contributed by atoms with E-state index in [4.69, 9.17) is 0 Å². The van der Waals surface area contributed by atoms with E-state index in [0.717, 1.165) is 26.5 Å². The van der Waals surface area contributed by atoms with Crippen molar-refractivity contribution in [3.8, 4) is 0 Å². The van der Waals surface area contributed by atoms with Crippen LogP contribution in [0.5, 0.6) is 0 Å². The topological polar surface area (TPSA) is 64.0 Å². The van der Waals surface area contributed by atoms with Crippen LogP contribution in [0.3, 0.4) is 0 Å². The van der Waals surface area contributed by atoms with Crippen LogP contribution < -0.4 is 10.9 Å². The van der Waals surface area contributed by atoms with Gasteiger partial charge in [-0.05, 0) is 63.4 Å². The minimum Gasteiger partial charge on any atom is -0.325 e. The summed E-state index contributed by atoms with van der Waals surface area (Å²) >= 11 is 1.52. The van der Waals surface area contributed by atoms with E-state index in [-0.39, 0.29) is 18.0 Å². The van der Waals surface area contributed by atoms with Crippen LogP contribution in [-0.4, -0.2) is 15.5 Å². The Bertz CT molecular complexity index is 1050. The molecule has 6 heteroatoms. The Kier molecular flexibility index (Phi) is 4.47. The first-order chi connectivity index (χ1) is 11.8. The largest absolute Gasteiger partial charge is 0.325 e. The molecule has 1 aromatic carbocycles. The Labute approximate surface area is 150 Å². The van der Waals surface area contributed by atoms with E-state index < -0.39 is 0 Å². The van der Waals surface area contributed by atoms with E-state index in [9.17, 15) is 9.59 Å². The molecule has 2 aromatic heterocycles. The van der Waals surface area contributed by atoms with Gasteiger partial charge in [-0.25, -0.2) is 4.98 Å². The van der Waals surface area contributed by atoms with Crippen molar-refractivity contribution in [3.05, 3.63) is 55.9 Å². The summed E-state index contributed by atoms with van der Waals surface area (Å²) in [4.78, 5) is 31.6. The lowest BCUT2D eigenvalue weighted by Gasteiger charge is -2.11. The van der Waals surface area contributed by atoms with Gasteiger partial charge in [0.25, 0.3) is 5.56 Å². The molecule has 0 fully saturated rings. The van der Waals surface area contributed by atoms with E-state index >= 15 is 0 Å². The molecule has 0 aliphatic carbocycles. The molecule has 0 atom stereocenters. The van der Waals surface area contributed by atoms with Gasteiger partial charge < -0.3 is 5.32 Å². The zero-order valence-electron chi connectivity index (χ0n) is 15.1. The van der Waals surface area contributed by atoms with Crippen molar-refractivity contribution in [3.63, 3.8) is 0 Å². The summed E-state index contributed by atoms with van der Waals surface area (Å²) < 4.78 is 1.44. The summed E-state index contributed by atoms with van der Waals surface area (Å²) in [7, 11) is 0. The number of aryl methyl sites for hydroxylation is 5. The molecule has 1 N–H and O–H groups in total. The maximum atomic E-state index is 12.8. The Morgan fingerprint density at radius 3 is 2.56 bits per heavy atom. The first kappa shape index (κ1) is 17.4. The number of aromatic nitrogens is 2. The van der Waals surface area contributed by atoms with E-state index in [0.29, 0.717) is 11.2 Å². The Hall–Kier alpha value is -2.47. The Morgan fingerprint density at radius 1 is 1.16 bits per heavy atom. The molecule has 2 heterocycles. The highest BCUT2D eigenvalue weighted by Gasteiger charge is 2.16. The maximum Gasteiger partial charge on any atom is 0.263 e. The highest BCUT2D eigenvalue weighted by Crippen LogP contribution is 2.26. The molecule has 5 nitrogen and oxygen atoms in total. The highest BCUT2D eigenvalue weighted by atomic mass is 32.1. The van der Waals surface area contributed by atoms with Crippen LogP contribution in [0.25, 0.3) is 10.2 Å². The number of carbonyl (C=O) groups excluding carboxylic acids is 1. The minimum absolute atomic E-state index is 0.0468. The molecule has 1 amide bonds. The first-order valence-electron chi connectivity index (χ1n) is 8.12. The molecule has 0 aliphatic rings. The van der Waals surface area contributed by atoms with Gasteiger partial charge in [-0.15, -0.1) is 11.3 Å². The summed E-state index contributed by atoms with van der Waals surface area (Å²) in [5, 5.41) is 3.47. The third-order valence-corrected chi connectivity index (χ3v) is 5.67. The van der Waals surface area contributed by atoms with Crippen LogP contribution in [0.4, 0.5) is 5.69 Å². The number of nitrogens with one attached hydrogen (secondary N) is 1. The molecule has 130 valence electrons. The van der Waals surface area contributed by atoms with Gasteiger partial charge in [0.1, 0.15) is 17.2 Å². The van der Waals surface area contributed by atoms with Gasteiger partial charge >= 0.3 is 0 Å². The molecule has 3 rings (SSSR count). The number of rotatable bonds is 3. The molecule has 0 bridgehead atoms. The SMILES string of the molecule is Cc1ccc(NC(=O)Cn2c(C)nc3sc(C)c(C)c3c2=O)cc1C. The smallest absolute Gasteiger partial charge is 0.263 e. The predicted molar refractivity (Wildman–Crippen MR) is 103 cm³/mol. The van der Waals surface area contributed by atoms with E-state index in [2.05, 4.69) is 10.3 Å². The number of thiophene rings is 1. The lowest BCUT2D eigenvalue weighted by Crippen LogP contribution is -2.30. The number of benzene rings is 1. The van der Waals surface area contributed by atoms with Crippen molar-refractivity contribution < 1.29 is 4.79 Å². The number of carbonyl (C=O) groups is 1. The van der Waals surface area contributed by atoms with Gasteiger partial charge in [0.15, 0.2) is 0 Å². The number of hydrogen-bond acceptors (Lipinski definition) is 4. The van der Waals surface area contributed by atoms with Crippen molar-refractivity contribution >= 4 is 33.1 Å². The van der Waals surface area contributed by atoms with Crippen molar-refractivity contribution in [1.82, 2.24) is 9.55 Å². The normalized spacial score (nSPS) is 11.1. The lowest BCUT2D eigenvalue weighted by atomic mass is 10.1. The Morgan fingerprint density at radius 2 is 1.88 bits per heavy atom. The lowest BCUT2D eigenvalue weighted by molar-refractivity contribution is -0.116. The fraction of sp³-hybridized carbons (Fsp3) is 0.316. The van der Waals surface area contributed by atoms with Crippen molar-refractivity contribution in [2.45, 2.75) is 41.2 Å². The molecule has 3 aromatic rings. The van der Waals surface area contributed by atoms with E-state index in [1.165, 1.54) is 21.5 Å². The third kappa shape index (κ3) is 3.22. The second kappa shape index (κ2) is 6.44. The second-order valence-electron chi connectivity index (χ2n) is 6.36. The van der Waals surface area contributed by atoms with Gasteiger partial charge in [0.05, 0.1) is 5.39 Å². The standard InChI is InChI=1S/C19H21N3O2S/c1-10-6-7-15(8-11(10)2)21-16(23)9-22-14(5)20-18-17(19(22)24)12(3)13(4)25-18/h6-8H,9H2,1-5H3,(H,21,23). The summed E-state index contributed by atoms with van der Waals surface area (Å²) in [6.45, 7) is 9.64. The molecule has 0 spiro atoms. The number of amides is 1. The zero-order chi connectivity index (χ0) is 18.3. The number of hydrogen-bond donors (Lipinski definition) is 1. The molecule has 0 saturated carbocycles. The third-order valence-electron chi connectivity index (χ3n) is 4.57. The summed E-state index contributed by atoms with van der Waals surface area (Å²) in [5.41, 5.74) is 3.80. The van der Waals surface area contributed by atoms with Crippen molar-refractivity contribution in [2.24, 2.45) is 0 Å². The van der Waals surface area contributed by atoms with Crippen molar-refractivity contribution in [1.29, 1.82) is 0 Å². The number of anilines is 1. The van der Waals surface area contributed by atoms with E-state index in [1.54, 1.807) is 6.92 Å².